The zero-order chi connectivity index (χ0) is 20.3. The van der Waals surface area contributed by atoms with Crippen LogP contribution in [0.5, 0.6) is 0 Å². The summed E-state index contributed by atoms with van der Waals surface area (Å²) in [6.45, 7) is 9.60. The van der Waals surface area contributed by atoms with Crippen LogP contribution in [-0.2, 0) is 10.0 Å². The van der Waals surface area contributed by atoms with E-state index in [1.54, 1.807) is 43.3 Å². The first-order valence-corrected chi connectivity index (χ1v) is 10.7. The molecule has 2 aromatic carbocycles. The lowest BCUT2D eigenvalue weighted by Crippen LogP contribution is -2.21. The van der Waals surface area contributed by atoms with Crippen LogP contribution in [0.4, 0.5) is 11.4 Å². The summed E-state index contributed by atoms with van der Waals surface area (Å²) in [7, 11) is -3.67. The second-order valence-corrected chi connectivity index (χ2v) is 8.17. The van der Waals surface area contributed by atoms with E-state index in [9.17, 15) is 8.42 Å². The van der Waals surface area contributed by atoms with Gasteiger partial charge in [0.1, 0.15) is 11.5 Å². The summed E-state index contributed by atoms with van der Waals surface area (Å²) in [5, 5.41) is 0. The Balaban J connectivity index is 1.78. The number of nitrogens with one attached hydrogen (secondary N) is 1. The van der Waals surface area contributed by atoms with Crippen LogP contribution in [0, 0.1) is 13.8 Å². The molecule has 0 spiro atoms. The Labute approximate surface area is 166 Å². The topological polar surface area (TPSA) is 75.4 Å². The molecule has 0 bridgehead atoms. The minimum atomic E-state index is -3.67. The highest BCUT2D eigenvalue weighted by Crippen LogP contribution is 2.26. The van der Waals surface area contributed by atoms with Crippen LogP contribution in [0.1, 0.15) is 25.5 Å². The number of benzene rings is 2. The van der Waals surface area contributed by atoms with Crippen molar-refractivity contribution >= 4 is 21.4 Å². The van der Waals surface area contributed by atoms with Crippen LogP contribution in [0.2, 0.25) is 0 Å². The van der Waals surface area contributed by atoms with E-state index >= 15 is 0 Å². The summed E-state index contributed by atoms with van der Waals surface area (Å²) < 4.78 is 33.5. The van der Waals surface area contributed by atoms with Gasteiger partial charge in [-0.1, -0.05) is 12.1 Å². The number of hydrogen-bond donors (Lipinski definition) is 1. The van der Waals surface area contributed by atoms with Crippen LogP contribution in [0.15, 0.2) is 57.8 Å². The van der Waals surface area contributed by atoms with E-state index in [1.807, 2.05) is 19.1 Å². The van der Waals surface area contributed by atoms with Crippen molar-refractivity contribution in [2.75, 3.05) is 22.7 Å². The van der Waals surface area contributed by atoms with Gasteiger partial charge in [0.05, 0.1) is 4.90 Å². The number of aromatic nitrogens is 1. The Morgan fingerprint density at radius 3 is 2.07 bits per heavy atom. The second kappa shape index (κ2) is 8.06. The average molecular weight is 400 g/mol. The number of sulfonamides is 1. The minimum Gasteiger partial charge on any atom is -0.446 e. The monoisotopic (exact) mass is 399 g/mol. The summed E-state index contributed by atoms with van der Waals surface area (Å²) in [4.78, 5) is 6.74. The molecule has 3 rings (SSSR count). The van der Waals surface area contributed by atoms with E-state index < -0.39 is 10.0 Å². The van der Waals surface area contributed by atoms with Gasteiger partial charge in [-0.05, 0) is 57.2 Å². The van der Waals surface area contributed by atoms with Gasteiger partial charge in [0, 0.05) is 37.0 Å². The fourth-order valence-corrected chi connectivity index (χ4v) is 4.19. The van der Waals surface area contributed by atoms with Crippen LogP contribution >= 0.6 is 0 Å². The average Bonchev–Trinajstić information content (AvgIpc) is 3.02. The van der Waals surface area contributed by atoms with Gasteiger partial charge >= 0.3 is 0 Å². The molecule has 1 N–H and O–H groups in total. The molecule has 0 aliphatic rings. The SMILES string of the molecule is CCN(CC)c1ccc(NS(=O)(=O)c2ccc(-c3nc(C)oc3C)cc2)cc1. The number of aryl methyl sites for hydroxylation is 2. The van der Waals surface area contributed by atoms with Crippen molar-refractivity contribution < 1.29 is 12.8 Å². The van der Waals surface area contributed by atoms with Crippen molar-refractivity contribution in [2.24, 2.45) is 0 Å². The highest BCUT2D eigenvalue weighted by atomic mass is 32.2. The number of hydrogen-bond acceptors (Lipinski definition) is 5. The fraction of sp³-hybridized carbons (Fsp3) is 0.286. The molecule has 1 aromatic heterocycles. The van der Waals surface area contributed by atoms with Crippen molar-refractivity contribution in [3.8, 4) is 11.3 Å². The van der Waals surface area contributed by atoms with Crippen LogP contribution in [0.25, 0.3) is 11.3 Å². The summed E-state index contributed by atoms with van der Waals surface area (Å²) in [5.74, 6) is 1.29. The predicted molar refractivity (Wildman–Crippen MR) is 112 cm³/mol. The Morgan fingerprint density at radius 2 is 1.57 bits per heavy atom. The summed E-state index contributed by atoms with van der Waals surface area (Å²) >= 11 is 0. The Kier molecular flexibility index (Phi) is 5.74. The number of anilines is 2. The van der Waals surface area contributed by atoms with Crippen molar-refractivity contribution in [1.29, 1.82) is 0 Å². The van der Waals surface area contributed by atoms with Crippen molar-refractivity contribution in [3.63, 3.8) is 0 Å². The Morgan fingerprint density at radius 1 is 0.964 bits per heavy atom. The molecule has 6 nitrogen and oxygen atoms in total. The zero-order valence-corrected chi connectivity index (χ0v) is 17.4. The van der Waals surface area contributed by atoms with E-state index in [0.717, 1.165) is 30.0 Å². The van der Waals surface area contributed by atoms with Crippen LogP contribution in [-0.4, -0.2) is 26.5 Å². The van der Waals surface area contributed by atoms with E-state index in [2.05, 4.69) is 28.5 Å². The Hall–Kier alpha value is -2.80. The maximum atomic E-state index is 12.7. The standard InChI is InChI=1S/C21H25N3O3S/c1-5-24(6-2)19-11-9-18(10-12-19)23-28(25,26)20-13-7-17(8-14-20)21-15(3)27-16(4)22-21/h7-14,23H,5-6H2,1-4H3. The predicted octanol–water partition coefficient (Wildman–Crippen LogP) is 4.61. The molecule has 148 valence electrons. The molecule has 0 unspecified atom stereocenters. The highest BCUT2D eigenvalue weighted by Gasteiger charge is 2.16. The van der Waals surface area contributed by atoms with Gasteiger partial charge in [0.2, 0.25) is 0 Å². The lowest BCUT2D eigenvalue weighted by molar-refractivity contribution is 0.495. The molecular weight excluding hydrogens is 374 g/mol. The van der Waals surface area contributed by atoms with Gasteiger partial charge in [-0.15, -0.1) is 0 Å². The molecule has 0 radical (unpaired) electrons. The van der Waals surface area contributed by atoms with Gasteiger partial charge in [-0.3, -0.25) is 4.72 Å². The molecule has 0 amide bonds. The quantitative estimate of drug-likeness (QED) is 0.628. The van der Waals surface area contributed by atoms with Gasteiger partial charge in [-0.25, -0.2) is 13.4 Å². The van der Waals surface area contributed by atoms with Crippen LogP contribution in [0.3, 0.4) is 0 Å². The van der Waals surface area contributed by atoms with Gasteiger partial charge in [-0.2, -0.15) is 0 Å². The third kappa shape index (κ3) is 4.20. The lowest BCUT2D eigenvalue weighted by Gasteiger charge is -2.21. The largest absolute Gasteiger partial charge is 0.446 e. The van der Waals surface area contributed by atoms with E-state index in [0.29, 0.717) is 17.3 Å². The third-order valence-corrected chi connectivity index (χ3v) is 5.99. The first-order valence-electron chi connectivity index (χ1n) is 9.26. The van der Waals surface area contributed by atoms with Crippen molar-refractivity contribution in [3.05, 3.63) is 60.2 Å². The molecule has 0 atom stereocenters. The van der Waals surface area contributed by atoms with Crippen molar-refractivity contribution in [2.45, 2.75) is 32.6 Å². The molecular formula is C21H25N3O3S. The molecule has 0 saturated heterocycles. The number of nitrogens with zero attached hydrogens (tertiary/aromatic N) is 2. The molecule has 0 fully saturated rings. The first-order chi connectivity index (χ1) is 13.3. The Bertz CT molecular complexity index is 1040. The molecule has 3 aromatic rings. The molecule has 1 heterocycles. The van der Waals surface area contributed by atoms with Gasteiger partial charge in [0.15, 0.2) is 5.89 Å². The molecule has 0 aliphatic carbocycles. The highest BCUT2D eigenvalue weighted by molar-refractivity contribution is 7.92. The number of rotatable bonds is 7. The summed E-state index contributed by atoms with van der Waals surface area (Å²) in [6.07, 6.45) is 0. The maximum absolute atomic E-state index is 12.7. The molecule has 0 aliphatic heterocycles. The number of oxazole rings is 1. The molecule has 0 saturated carbocycles. The molecule has 28 heavy (non-hydrogen) atoms. The second-order valence-electron chi connectivity index (χ2n) is 6.49. The van der Waals surface area contributed by atoms with E-state index in [1.165, 1.54) is 0 Å². The fourth-order valence-electron chi connectivity index (χ4n) is 3.13. The normalized spacial score (nSPS) is 11.4. The summed E-state index contributed by atoms with van der Waals surface area (Å²) in [5.41, 5.74) is 3.14. The molecule has 7 heteroatoms. The van der Waals surface area contributed by atoms with Gasteiger partial charge in [0.25, 0.3) is 10.0 Å². The third-order valence-electron chi connectivity index (χ3n) is 4.59. The summed E-state index contributed by atoms with van der Waals surface area (Å²) in [6, 6.07) is 14.0. The van der Waals surface area contributed by atoms with E-state index in [4.69, 9.17) is 4.42 Å². The van der Waals surface area contributed by atoms with Crippen LogP contribution < -0.4 is 9.62 Å². The zero-order valence-electron chi connectivity index (χ0n) is 16.6. The lowest BCUT2D eigenvalue weighted by atomic mass is 10.1. The minimum absolute atomic E-state index is 0.196. The first kappa shape index (κ1) is 19.9. The smallest absolute Gasteiger partial charge is 0.261 e. The maximum Gasteiger partial charge on any atom is 0.261 e. The van der Waals surface area contributed by atoms with Gasteiger partial charge < -0.3 is 9.32 Å². The van der Waals surface area contributed by atoms with E-state index in [-0.39, 0.29) is 4.90 Å². The van der Waals surface area contributed by atoms with Crippen molar-refractivity contribution in [1.82, 2.24) is 4.98 Å².